The number of rotatable bonds is 5. The van der Waals surface area contributed by atoms with Gasteiger partial charge in [-0.3, -0.25) is 14.9 Å². The Morgan fingerprint density at radius 2 is 2.33 bits per heavy atom. The van der Waals surface area contributed by atoms with Crippen molar-refractivity contribution in [1.82, 2.24) is 10.3 Å². The predicted octanol–water partition coefficient (Wildman–Crippen LogP) is 1.84. The second-order valence-electron chi connectivity index (χ2n) is 3.83. The standard InChI is InChI=1S/C12H15N3O3/c1-9-7-11(14-8-12(9)15(17)18)5-3-4-6-13-10(2)16/h3,5,7-8H,4,6H2,1-2H3,(H,13,16). The monoisotopic (exact) mass is 249 g/mol. The smallest absolute Gasteiger partial charge is 0.290 e. The molecule has 0 radical (unpaired) electrons. The molecular weight excluding hydrogens is 234 g/mol. The van der Waals surface area contributed by atoms with Crippen LogP contribution in [0.3, 0.4) is 0 Å². The normalized spacial score (nSPS) is 10.6. The summed E-state index contributed by atoms with van der Waals surface area (Å²) in [7, 11) is 0. The Hall–Kier alpha value is -2.24. The van der Waals surface area contributed by atoms with Crippen molar-refractivity contribution >= 4 is 17.7 Å². The molecule has 0 aliphatic heterocycles. The maximum atomic E-state index is 10.6. The van der Waals surface area contributed by atoms with Gasteiger partial charge in [0.2, 0.25) is 5.91 Å². The molecule has 1 heterocycles. The third kappa shape index (κ3) is 4.32. The van der Waals surface area contributed by atoms with Gasteiger partial charge in [-0.05, 0) is 25.5 Å². The van der Waals surface area contributed by atoms with Crippen LogP contribution in [-0.2, 0) is 4.79 Å². The fourth-order valence-corrected chi connectivity index (χ4v) is 1.39. The first-order valence-electron chi connectivity index (χ1n) is 5.52. The van der Waals surface area contributed by atoms with Crippen molar-refractivity contribution in [1.29, 1.82) is 0 Å². The quantitative estimate of drug-likeness (QED) is 0.490. The van der Waals surface area contributed by atoms with Crippen LogP contribution in [-0.4, -0.2) is 22.4 Å². The highest BCUT2D eigenvalue weighted by Gasteiger charge is 2.09. The van der Waals surface area contributed by atoms with Crippen molar-refractivity contribution in [3.8, 4) is 0 Å². The molecule has 18 heavy (non-hydrogen) atoms. The largest absolute Gasteiger partial charge is 0.356 e. The first kappa shape index (κ1) is 13.8. The summed E-state index contributed by atoms with van der Waals surface area (Å²) in [5.74, 6) is -0.0623. The molecule has 0 aliphatic rings. The van der Waals surface area contributed by atoms with E-state index in [2.05, 4.69) is 10.3 Å². The fraction of sp³-hybridized carbons (Fsp3) is 0.333. The molecular formula is C12H15N3O3. The van der Waals surface area contributed by atoms with Crippen LogP contribution in [0.15, 0.2) is 18.3 Å². The molecule has 0 saturated carbocycles. The van der Waals surface area contributed by atoms with Crippen LogP contribution < -0.4 is 5.32 Å². The fourth-order valence-electron chi connectivity index (χ4n) is 1.39. The Balaban J connectivity index is 2.58. The average molecular weight is 249 g/mol. The number of carbonyl (C=O) groups is 1. The maximum Gasteiger partial charge on any atom is 0.290 e. The van der Waals surface area contributed by atoms with Crippen LogP contribution in [0.5, 0.6) is 0 Å². The van der Waals surface area contributed by atoms with E-state index in [9.17, 15) is 14.9 Å². The molecule has 0 atom stereocenters. The number of pyridine rings is 1. The number of aryl methyl sites for hydroxylation is 1. The summed E-state index contributed by atoms with van der Waals surface area (Å²) in [6, 6.07) is 1.66. The molecule has 1 N–H and O–H groups in total. The van der Waals surface area contributed by atoms with E-state index in [0.717, 1.165) is 0 Å². The lowest BCUT2D eigenvalue weighted by atomic mass is 10.2. The molecule has 0 bridgehead atoms. The number of aromatic nitrogens is 1. The number of carbonyl (C=O) groups excluding carboxylic acids is 1. The minimum Gasteiger partial charge on any atom is -0.356 e. The van der Waals surface area contributed by atoms with Gasteiger partial charge in [0, 0.05) is 19.0 Å². The highest BCUT2D eigenvalue weighted by atomic mass is 16.6. The van der Waals surface area contributed by atoms with Crippen LogP contribution >= 0.6 is 0 Å². The zero-order valence-corrected chi connectivity index (χ0v) is 10.3. The molecule has 0 unspecified atom stereocenters. The van der Waals surface area contributed by atoms with E-state index in [1.807, 2.05) is 6.08 Å². The van der Waals surface area contributed by atoms with Gasteiger partial charge in [-0.15, -0.1) is 0 Å². The number of nitro groups is 1. The molecule has 1 aromatic rings. The molecule has 6 heteroatoms. The third-order valence-corrected chi connectivity index (χ3v) is 2.27. The highest BCUT2D eigenvalue weighted by molar-refractivity contribution is 5.72. The molecule has 1 amide bonds. The summed E-state index contributed by atoms with van der Waals surface area (Å²) in [6.45, 7) is 3.71. The lowest BCUT2D eigenvalue weighted by Gasteiger charge is -1.99. The second kappa shape index (κ2) is 6.48. The summed E-state index contributed by atoms with van der Waals surface area (Å²) < 4.78 is 0. The topological polar surface area (TPSA) is 85.1 Å². The third-order valence-electron chi connectivity index (χ3n) is 2.27. The molecule has 0 saturated heterocycles. The van der Waals surface area contributed by atoms with Crippen molar-refractivity contribution in [3.63, 3.8) is 0 Å². The van der Waals surface area contributed by atoms with Crippen LogP contribution in [0, 0.1) is 17.0 Å². The van der Waals surface area contributed by atoms with E-state index in [0.29, 0.717) is 24.2 Å². The van der Waals surface area contributed by atoms with Crippen LogP contribution in [0.2, 0.25) is 0 Å². The van der Waals surface area contributed by atoms with E-state index in [-0.39, 0.29) is 11.6 Å². The molecule has 1 rings (SSSR count). The Morgan fingerprint density at radius 3 is 2.89 bits per heavy atom. The second-order valence-corrected chi connectivity index (χ2v) is 3.83. The van der Waals surface area contributed by atoms with Gasteiger partial charge in [0.1, 0.15) is 6.20 Å². The SMILES string of the molecule is CC(=O)NCCC=Cc1cc(C)c([N+](=O)[O-])cn1. The highest BCUT2D eigenvalue weighted by Crippen LogP contribution is 2.16. The van der Waals surface area contributed by atoms with Crippen molar-refractivity contribution in [3.05, 3.63) is 39.7 Å². The molecule has 96 valence electrons. The van der Waals surface area contributed by atoms with E-state index >= 15 is 0 Å². The Bertz CT molecular complexity index is 483. The van der Waals surface area contributed by atoms with Gasteiger partial charge in [0.05, 0.1) is 10.6 Å². The maximum absolute atomic E-state index is 10.6. The molecule has 0 fully saturated rings. The van der Waals surface area contributed by atoms with Crippen LogP contribution in [0.1, 0.15) is 24.6 Å². The minimum atomic E-state index is -0.452. The van der Waals surface area contributed by atoms with Gasteiger partial charge < -0.3 is 5.32 Å². The van der Waals surface area contributed by atoms with Crippen molar-refractivity contribution in [2.45, 2.75) is 20.3 Å². The first-order valence-corrected chi connectivity index (χ1v) is 5.52. The van der Waals surface area contributed by atoms with Crippen molar-refractivity contribution in [2.75, 3.05) is 6.54 Å². The van der Waals surface area contributed by atoms with Crippen molar-refractivity contribution in [2.24, 2.45) is 0 Å². The number of hydrogen-bond acceptors (Lipinski definition) is 4. The van der Waals surface area contributed by atoms with Gasteiger partial charge in [-0.2, -0.15) is 0 Å². The number of amides is 1. The molecule has 0 aromatic carbocycles. The summed E-state index contributed by atoms with van der Waals surface area (Å²) in [6.07, 6.45) is 5.59. The van der Waals surface area contributed by atoms with Crippen LogP contribution in [0.4, 0.5) is 5.69 Å². The van der Waals surface area contributed by atoms with E-state index in [4.69, 9.17) is 0 Å². The summed E-state index contributed by atoms with van der Waals surface area (Å²) in [5.41, 5.74) is 1.27. The van der Waals surface area contributed by atoms with Gasteiger partial charge in [0.15, 0.2) is 0 Å². The van der Waals surface area contributed by atoms with Crippen molar-refractivity contribution < 1.29 is 9.72 Å². The Morgan fingerprint density at radius 1 is 1.61 bits per heavy atom. The molecule has 6 nitrogen and oxygen atoms in total. The number of nitrogens with zero attached hydrogens (tertiary/aromatic N) is 2. The summed E-state index contributed by atoms with van der Waals surface area (Å²) >= 11 is 0. The number of nitrogens with one attached hydrogen (secondary N) is 1. The summed E-state index contributed by atoms with van der Waals surface area (Å²) in [5, 5.41) is 13.3. The zero-order chi connectivity index (χ0) is 13.5. The molecule has 1 aromatic heterocycles. The van der Waals surface area contributed by atoms with Gasteiger partial charge in [0.25, 0.3) is 5.69 Å². The lowest BCUT2D eigenvalue weighted by Crippen LogP contribution is -2.20. The molecule has 0 spiro atoms. The minimum absolute atomic E-state index is 0.0189. The zero-order valence-electron chi connectivity index (χ0n) is 10.3. The van der Waals surface area contributed by atoms with E-state index in [1.165, 1.54) is 13.1 Å². The van der Waals surface area contributed by atoms with E-state index < -0.39 is 4.92 Å². The van der Waals surface area contributed by atoms with Gasteiger partial charge in [-0.1, -0.05) is 6.08 Å². The van der Waals surface area contributed by atoms with Gasteiger partial charge >= 0.3 is 0 Å². The summed E-state index contributed by atoms with van der Waals surface area (Å²) in [4.78, 5) is 24.7. The van der Waals surface area contributed by atoms with Gasteiger partial charge in [-0.25, -0.2) is 4.98 Å². The predicted molar refractivity (Wildman–Crippen MR) is 68.0 cm³/mol. The average Bonchev–Trinajstić information content (AvgIpc) is 2.27. The first-order chi connectivity index (χ1) is 8.50. The Labute approximate surface area is 105 Å². The lowest BCUT2D eigenvalue weighted by molar-refractivity contribution is -0.385. The van der Waals surface area contributed by atoms with E-state index in [1.54, 1.807) is 19.1 Å². The number of hydrogen-bond donors (Lipinski definition) is 1. The molecule has 0 aliphatic carbocycles. The Kier molecular flexibility index (Phi) is 4.98. The van der Waals surface area contributed by atoms with Crippen LogP contribution in [0.25, 0.3) is 6.08 Å².